The minimum Gasteiger partial charge on any atom is -0.378 e. The van der Waals surface area contributed by atoms with Crippen LogP contribution in [0.15, 0.2) is 0 Å². The molecule has 3 aliphatic rings. The summed E-state index contributed by atoms with van der Waals surface area (Å²) in [6, 6.07) is 1.68. The Morgan fingerprint density at radius 3 is 2.81 bits per heavy atom. The molecular formula is C14H25NO. The minimum atomic E-state index is 0.574. The van der Waals surface area contributed by atoms with Crippen molar-refractivity contribution in [2.75, 3.05) is 6.61 Å². The van der Waals surface area contributed by atoms with Gasteiger partial charge in [-0.15, -0.1) is 0 Å². The van der Waals surface area contributed by atoms with Gasteiger partial charge in [-0.25, -0.2) is 0 Å². The first-order valence-corrected chi connectivity index (χ1v) is 7.23. The molecule has 2 aliphatic carbocycles. The maximum absolute atomic E-state index is 6.04. The van der Waals surface area contributed by atoms with Crippen LogP contribution < -0.4 is 5.32 Å². The molecule has 2 saturated carbocycles. The largest absolute Gasteiger partial charge is 0.378 e. The molecule has 4 unspecified atom stereocenters. The van der Waals surface area contributed by atoms with Crippen molar-refractivity contribution in [3.05, 3.63) is 0 Å². The van der Waals surface area contributed by atoms with Gasteiger partial charge >= 0.3 is 0 Å². The maximum atomic E-state index is 6.04. The topological polar surface area (TPSA) is 21.3 Å². The molecule has 0 radical (unpaired) electrons. The Morgan fingerprint density at radius 1 is 1.25 bits per heavy atom. The SMILES string of the molecule is CCCCCCOC1CC2NC3CCC32C1. The molecule has 3 rings (SSSR count). The van der Waals surface area contributed by atoms with E-state index in [1.54, 1.807) is 0 Å². The highest BCUT2D eigenvalue weighted by Crippen LogP contribution is 2.60. The monoisotopic (exact) mass is 223 g/mol. The van der Waals surface area contributed by atoms with Crippen LogP contribution >= 0.6 is 0 Å². The van der Waals surface area contributed by atoms with Gasteiger partial charge < -0.3 is 10.1 Å². The van der Waals surface area contributed by atoms with Crippen LogP contribution in [-0.4, -0.2) is 24.8 Å². The standard InChI is InChI=1S/C14H25NO/c1-2-3-4-5-8-16-11-9-13-14(10-11)7-6-12(14)15-13/h11-13,15H,2-10H2,1H3. The Morgan fingerprint density at radius 2 is 2.19 bits per heavy atom. The second-order valence-electron chi connectivity index (χ2n) is 6.04. The third-order valence-corrected chi connectivity index (χ3v) is 5.15. The maximum Gasteiger partial charge on any atom is 0.0596 e. The molecule has 16 heavy (non-hydrogen) atoms. The number of hydrogen-bond donors (Lipinski definition) is 1. The lowest BCUT2D eigenvalue weighted by atomic mass is 9.55. The summed E-state index contributed by atoms with van der Waals surface area (Å²) in [5.74, 6) is 0. The third kappa shape index (κ3) is 1.62. The van der Waals surface area contributed by atoms with Gasteiger partial charge in [0.05, 0.1) is 6.10 Å². The molecule has 4 atom stereocenters. The predicted molar refractivity (Wildman–Crippen MR) is 65.5 cm³/mol. The highest BCUT2D eigenvalue weighted by molar-refractivity contribution is 5.20. The van der Waals surface area contributed by atoms with Crippen LogP contribution in [0.1, 0.15) is 58.3 Å². The third-order valence-electron chi connectivity index (χ3n) is 5.15. The highest BCUT2D eigenvalue weighted by Gasteiger charge is 2.64. The van der Waals surface area contributed by atoms with Crippen LogP contribution in [0.25, 0.3) is 0 Å². The number of hydrogen-bond acceptors (Lipinski definition) is 2. The minimum absolute atomic E-state index is 0.574. The average molecular weight is 223 g/mol. The fourth-order valence-electron chi connectivity index (χ4n) is 4.00. The van der Waals surface area contributed by atoms with E-state index < -0.39 is 0 Å². The van der Waals surface area contributed by atoms with Gasteiger partial charge in [0.15, 0.2) is 0 Å². The average Bonchev–Trinajstić information content (AvgIpc) is 2.63. The summed E-state index contributed by atoms with van der Waals surface area (Å²) in [5.41, 5.74) is 0.702. The number of unbranched alkanes of at least 4 members (excludes halogenated alkanes) is 3. The second-order valence-corrected chi connectivity index (χ2v) is 6.04. The van der Waals surface area contributed by atoms with Crippen molar-refractivity contribution >= 4 is 0 Å². The van der Waals surface area contributed by atoms with Crippen LogP contribution in [0.3, 0.4) is 0 Å². The van der Waals surface area contributed by atoms with E-state index in [1.165, 1.54) is 51.4 Å². The molecule has 0 aromatic rings. The lowest BCUT2D eigenvalue weighted by molar-refractivity contribution is -0.0617. The number of rotatable bonds is 6. The van der Waals surface area contributed by atoms with E-state index in [1.807, 2.05) is 0 Å². The summed E-state index contributed by atoms with van der Waals surface area (Å²) in [4.78, 5) is 0. The zero-order valence-electron chi connectivity index (χ0n) is 10.5. The fourth-order valence-corrected chi connectivity index (χ4v) is 4.00. The molecule has 1 heterocycles. The summed E-state index contributed by atoms with van der Waals surface area (Å²) in [6.07, 6.45) is 11.4. The molecule has 1 aliphatic heterocycles. The molecule has 0 aromatic carbocycles. The first kappa shape index (κ1) is 11.0. The van der Waals surface area contributed by atoms with Gasteiger partial charge in [0.1, 0.15) is 0 Å². The van der Waals surface area contributed by atoms with Crippen LogP contribution in [-0.2, 0) is 4.74 Å². The summed E-state index contributed by atoms with van der Waals surface area (Å²) in [6.45, 7) is 3.26. The van der Waals surface area contributed by atoms with Crippen molar-refractivity contribution in [2.24, 2.45) is 5.41 Å². The van der Waals surface area contributed by atoms with Crippen molar-refractivity contribution in [3.63, 3.8) is 0 Å². The van der Waals surface area contributed by atoms with Crippen molar-refractivity contribution < 1.29 is 4.74 Å². The van der Waals surface area contributed by atoms with E-state index in [2.05, 4.69) is 12.2 Å². The van der Waals surface area contributed by atoms with E-state index in [0.717, 1.165) is 18.7 Å². The van der Waals surface area contributed by atoms with Crippen molar-refractivity contribution in [1.82, 2.24) is 5.32 Å². The number of nitrogens with one attached hydrogen (secondary N) is 1. The molecule has 92 valence electrons. The first-order valence-electron chi connectivity index (χ1n) is 7.23. The lowest BCUT2D eigenvalue weighted by Gasteiger charge is -2.62. The molecule has 0 amide bonds. The fraction of sp³-hybridized carbons (Fsp3) is 1.00. The number of piperidine rings is 1. The van der Waals surface area contributed by atoms with Crippen molar-refractivity contribution in [1.29, 1.82) is 0 Å². The molecule has 1 spiro atoms. The highest BCUT2D eigenvalue weighted by atomic mass is 16.5. The molecule has 2 heteroatoms. The van der Waals surface area contributed by atoms with Crippen LogP contribution in [0.2, 0.25) is 0 Å². The molecule has 2 nitrogen and oxygen atoms in total. The van der Waals surface area contributed by atoms with Gasteiger partial charge in [-0.2, -0.15) is 0 Å². The summed E-state index contributed by atoms with van der Waals surface area (Å²) < 4.78 is 6.04. The van der Waals surface area contributed by atoms with Gasteiger partial charge in [0.2, 0.25) is 0 Å². The smallest absolute Gasteiger partial charge is 0.0596 e. The zero-order chi connectivity index (χ0) is 11.0. The Balaban J connectivity index is 1.35. The molecule has 0 bridgehead atoms. The van der Waals surface area contributed by atoms with Crippen LogP contribution in [0.5, 0.6) is 0 Å². The van der Waals surface area contributed by atoms with E-state index in [0.29, 0.717) is 11.5 Å². The Labute approximate surface area is 99.1 Å². The van der Waals surface area contributed by atoms with Crippen LogP contribution in [0, 0.1) is 5.41 Å². The zero-order valence-corrected chi connectivity index (χ0v) is 10.5. The van der Waals surface area contributed by atoms with Crippen molar-refractivity contribution in [2.45, 2.75) is 76.5 Å². The Hall–Kier alpha value is -0.0800. The summed E-state index contributed by atoms with van der Waals surface area (Å²) in [5, 5.41) is 3.69. The molecular weight excluding hydrogens is 198 g/mol. The van der Waals surface area contributed by atoms with E-state index in [-0.39, 0.29) is 0 Å². The Bertz CT molecular complexity index is 255. The van der Waals surface area contributed by atoms with E-state index in [4.69, 9.17) is 4.74 Å². The first-order chi connectivity index (χ1) is 7.85. The van der Waals surface area contributed by atoms with Crippen LogP contribution in [0.4, 0.5) is 0 Å². The predicted octanol–water partition coefficient (Wildman–Crippen LogP) is 2.87. The summed E-state index contributed by atoms with van der Waals surface area (Å²) >= 11 is 0. The second kappa shape index (κ2) is 4.30. The van der Waals surface area contributed by atoms with E-state index in [9.17, 15) is 0 Å². The number of ether oxygens (including phenoxy) is 1. The van der Waals surface area contributed by atoms with Gasteiger partial charge in [-0.3, -0.25) is 0 Å². The molecule has 3 fully saturated rings. The lowest BCUT2D eigenvalue weighted by Crippen LogP contribution is -2.73. The molecule has 1 saturated heterocycles. The Kier molecular flexibility index (Phi) is 2.97. The van der Waals surface area contributed by atoms with E-state index >= 15 is 0 Å². The van der Waals surface area contributed by atoms with Gasteiger partial charge in [0, 0.05) is 24.1 Å². The van der Waals surface area contributed by atoms with Gasteiger partial charge in [-0.1, -0.05) is 26.2 Å². The normalized spacial score (nSPS) is 44.4. The quantitative estimate of drug-likeness (QED) is 0.699. The van der Waals surface area contributed by atoms with Gasteiger partial charge in [0.25, 0.3) is 0 Å². The summed E-state index contributed by atoms with van der Waals surface area (Å²) in [7, 11) is 0. The molecule has 0 aromatic heterocycles. The van der Waals surface area contributed by atoms with Crippen molar-refractivity contribution in [3.8, 4) is 0 Å². The van der Waals surface area contributed by atoms with Gasteiger partial charge in [-0.05, 0) is 32.1 Å². The molecule has 1 N–H and O–H groups in total.